The predicted octanol–water partition coefficient (Wildman–Crippen LogP) is 4.08. The summed E-state index contributed by atoms with van der Waals surface area (Å²) in [5.74, 6) is -0.293. The van der Waals surface area contributed by atoms with Gasteiger partial charge in [0, 0.05) is 42.7 Å². The Hall–Kier alpha value is -3.80. The van der Waals surface area contributed by atoms with Crippen molar-refractivity contribution in [2.75, 3.05) is 43.5 Å². The van der Waals surface area contributed by atoms with E-state index < -0.39 is 5.82 Å². The third-order valence-corrected chi connectivity index (χ3v) is 6.48. The molecule has 2 N–H and O–H groups in total. The van der Waals surface area contributed by atoms with Crippen molar-refractivity contribution in [2.45, 2.75) is 25.6 Å². The number of anilines is 3. The van der Waals surface area contributed by atoms with E-state index in [9.17, 15) is 14.0 Å². The summed E-state index contributed by atoms with van der Waals surface area (Å²) in [6.45, 7) is 4.08. The molecular weight excluding hydrogens is 529 g/mol. The van der Waals surface area contributed by atoms with E-state index in [0.717, 1.165) is 6.42 Å². The molecule has 0 bridgehead atoms. The van der Waals surface area contributed by atoms with Crippen LogP contribution in [-0.2, 0) is 19.1 Å². The monoisotopic (exact) mass is 555 g/mol. The Labute approximate surface area is 229 Å². The molecule has 3 heterocycles. The van der Waals surface area contributed by atoms with Crippen LogP contribution in [0, 0.1) is 5.82 Å². The highest BCUT2D eigenvalue weighted by atomic mass is 35.5. The molecule has 2 aliphatic rings. The summed E-state index contributed by atoms with van der Waals surface area (Å²) >= 11 is 5.93. The van der Waals surface area contributed by atoms with Crippen LogP contribution in [0.3, 0.4) is 0 Å². The van der Waals surface area contributed by atoms with Gasteiger partial charge in [0.2, 0.25) is 5.91 Å². The van der Waals surface area contributed by atoms with Gasteiger partial charge >= 0.3 is 5.97 Å². The van der Waals surface area contributed by atoms with Gasteiger partial charge in [-0.3, -0.25) is 14.5 Å². The van der Waals surface area contributed by atoms with Gasteiger partial charge in [0.1, 0.15) is 35.9 Å². The minimum Gasteiger partial charge on any atom is -0.486 e. The van der Waals surface area contributed by atoms with Crippen LogP contribution in [0.5, 0.6) is 5.75 Å². The lowest BCUT2D eigenvalue weighted by molar-refractivity contribution is -0.156. The van der Waals surface area contributed by atoms with Crippen LogP contribution in [0.1, 0.15) is 13.3 Å². The number of hydrogen-bond donors (Lipinski definition) is 2. The first kappa shape index (κ1) is 26.8. The summed E-state index contributed by atoms with van der Waals surface area (Å²) in [4.78, 5) is 35.1. The number of ether oxygens (including phenoxy) is 3. The van der Waals surface area contributed by atoms with Crippen molar-refractivity contribution in [1.29, 1.82) is 0 Å². The number of cyclic esters (lactones) is 1. The van der Waals surface area contributed by atoms with Crippen LogP contribution >= 0.6 is 11.6 Å². The number of esters is 1. The molecule has 5 rings (SSSR count). The maximum absolute atomic E-state index is 13.6. The lowest BCUT2D eigenvalue weighted by Crippen LogP contribution is -2.44. The standard InChI is InChI=1S/C27H27ClFN5O5/c1-16-12-34(13-26(36)38-16)7-2-3-25(35)33-23-10-19-22(11-24(23)39-18-6-8-37-14-18)30-15-31-27(19)32-17-4-5-21(29)20(28)9-17/h2-5,9-11,15-16,18H,6-8,12-14H2,1H3,(H,33,35)(H,30,31,32)/t16-,18-/m0/s1. The van der Waals surface area contributed by atoms with Crippen LogP contribution in [0.15, 0.2) is 48.8 Å². The molecule has 0 radical (unpaired) electrons. The molecule has 0 spiro atoms. The van der Waals surface area contributed by atoms with Gasteiger partial charge in [-0.05, 0) is 31.2 Å². The quantitative estimate of drug-likeness (QED) is 0.313. The van der Waals surface area contributed by atoms with E-state index in [1.165, 1.54) is 24.5 Å². The highest BCUT2D eigenvalue weighted by Gasteiger charge is 2.23. The third kappa shape index (κ3) is 6.80. The van der Waals surface area contributed by atoms with Gasteiger partial charge in [-0.2, -0.15) is 0 Å². The van der Waals surface area contributed by atoms with Crippen molar-refractivity contribution in [3.8, 4) is 5.75 Å². The second-order valence-electron chi connectivity index (χ2n) is 9.33. The fourth-order valence-corrected chi connectivity index (χ4v) is 4.59. The molecule has 12 heteroatoms. The number of halogens is 2. The maximum Gasteiger partial charge on any atom is 0.320 e. The topological polar surface area (TPSA) is 115 Å². The van der Waals surface area contributed by atoms with Crippen molar-refractivity contribution in [3.63, 3.8) is 0 Å². The van der Waals surface area contributed by atoms with Crippen LogP contribution in [-0.4, -0.2) is 71.8 Å². The highest BCUT2D eigenvalue weighted by Crippen LogP contribution is 2.35. The number of morpholine rings is 1. The highest BCUT2D eigenvalue weighted by molar-refractivity contribution is 6.31. The molecule has 2 fully saturated rings. The van der Waals surface area contributed by atoms with Crippen molar-refractivity contribution >= 4 is 51.6 Å². The van der Waals surface area contributed by atoms with Gasteiger partial charge in [0.05, 0.1) is 36.0 Å². The molecule has 2 saturated heterocycles. The number of nitrogens with one attached hydrogen (secondary N) is 2. The van der Waals surface area contributed by atoms with E-state index in [0.29, 0.717) is 60.1 Å². The van der Waals surface area contributed by atoms with Gasteiger partial charge < -0.3 is 24.8 Å². The van der Waals surface area contributed by atoms with Crippen molar-refractivity contribution in [1.82, 2.24) is 14.9 Å². The van der Waals surface area contributed by atoms with Crippen LogP contribution in [0.2, 0.25) is 5.02 Å². The van der Waals surface area contributed by atoms with Gasteiger partial charge in [0.15, 0.2) is 0 Å². The summed E-state index contributed by atoms with van der Waals surface area (Å²) in [5, 5.41) is 6.60. The first-order chi connectivity index (χ1) is 18.8. The van der Waals surface area contributed by atoms with E-state index in [-0.39, 0.29) is 35.7 Å². The van der Waals surface area contributed by atoms with E-state index >= 15 is 0 Å². The molecular formula is C27H27ClFN5O5. The third-order valence-electron chi connectivity index (χ3n) is 6.19. The Balaban J connectivity index is 1.39. The Morgan fingerprint density at radius 1 is 1.31 bits per heavy atom. The summed E-state index contributed by atoms with van der Waals surface area (Å²) in [6, 6.07) is 7.72. The number of nitrogens with zero attached hydrogens (tertiary/aromatic N) is 3. The first-order valence-electron chi connectivity index (χ1n) is 12.5. The summed E-state index contributed by atoms with van der Waals surface area (Å²) in [7, 11) is 0. The number of aromatic nitrogens is 2. The zero-order valence-corrected chi connectivity index (χ0v) is 21.9. The maximum atomic E-state index is 13.6. The van der Waals surface area contributed by atoms with Gasteiger partial charge in [-0.1, -0.05) is 17.7 Å². The Kier molecular flexibility index (Phi) is 8.20. The van der Waals surface area contributed by atoms with Crippen molar-refractivity contribution < 1.29 is 28.2 Å². The van der Waals surface area contributed by atoms with Gasteiger partial charge in [-0.15, -0.1) is 0 Å². The summed E-state index contributed by atoms with van der Waals surface area (Å²) in [5.41, 5.74) is 1.54. The number of hydrogen-bond acceptors (Lipinski definition) is 9. The molecule has 0 unspecified atom stereocenters. The number of rotatable bonds is 8. The van der Waals surface area contributed by atoms with E-state index in [1.54, 1.807) is 24.3 Å². The average Bonchev–Trinajstić information content (AvgIpc) is 3.40. The number of carbonyl (C=O) groups is 2. The fourth-order valence-electron chi connectivity index (χ4n) is 4.41. The van der Waals surface area contributed by atoms with E-state index in [4.69, 9.17) is 25.8 Å². The molecule has 2 aromatic carbocycles. The lowest BCUT2D eigenvalue weighted by Gasteiger charge is -2.29. The molecule has 10 nitrogen and oxygen atoms in total. The van der Waals surface area contributed by atoms with Crippen LogP contribution < -0.4 is 15.4 Å². The summed E-state index contributed by atoms with van der Waals surface area (Å²) < 4.78 is 30.4. The zero-order valence-electron chi connectivity index (χ0n) is 21.2. The lowest BCUT2D eigenvalue weighted by atomic mass is 10.1. The first-order valence-corrected chi connectivity index (χ1v) is 12.9. The molecule has 3 aromatic rings. The molecule has 2 atom stereocenters. The minimum absolute atomic E-state index is 0.0246. The molecule has 2 aliphatic heterocycles. The molecule has 204 valence electrons. The van der Waals surface area contributed by atoms with Crippen molar-refractivity contribution in [3.05, 3.63) is 59.7 Å². The van der Waals surface area contributed by atoms with Crippen molar-refractivity contribution in [2.24, 2.45) is 0 Å². The van der Waals surface area contributed by atoms with E-state index in [2.05, 4.69) is 20.6 Å². The Morgan fingerprint density at radius 2 is 2.18 bits per heavy atom. The number of carbonyl (C=O) groups excluding carboxylic acids is 2. The Morgan fingerprint density at radius 3 is 2.95 bits per heavy atom. The number of fused-ring (bicyclic) bond motifs is 1. The van der Waals surface area contributed by atoms with E-state index in [1.807, 2.05) is 11.8 Å². The molecule has 1 amide bonds. The smallest absolute Gasteiger partial charge is 0.320 e. The predicted molar refractivity (Wildman–Crippen MR) is 144 cm³/mol. The normalized spacial score (nSPS) is 19.8. The number of benzene rings is 2. The second kappa shape index (κ2) is 11.9. The Bertz CT molecular complexity index is 1410. The molecule has 0 saturated carbocycles. The second-order valence-corrected chi connectivity index (χ2v) is 9.74. The van der Waals surface area contributed by atoms with Crippen LogP contribution in [0.25, 0.3) is 10.9 Å². The van der Waals surface area contributed by atoms with Gasteiger partial charge in [-0.25, -0.2) is 14.4 Å². The molecule has 39 heavy (non-hydrogen) atoms. The van der Waals surface area contributed by atoms with Gasteiger partial charge in [0.25, 0.3) is 0 Å². The average molecular weight is 556 g/mol. The molecule has 0 aliphatic carbocycles. The summed E-state index contributed by atoms with van der Waals surface area (Å²) in [6.07, 6.45) is 4.89. The minimum atomic E-state index is -0.528. The number of amides is 1. The fraction of sp³-hybridized carbons (Fsp3) is 0.333. The molecule has 1 aromatic heterocycles. The zero-order chi connectivity index (χ0) is 27.4. The largest absolute Gasteiger partial charge is 0.486 e. The van der Waals surface area contributed by atoms with Crippen LogP contribution in [0.4, 0.5) is 21.6 Å². The SMILES string of the molecule is C[C@H]1CN(CC=CC(=O)Nc2cc3c(Nc4ccc(F)c(Cl)c4)ncnc3cc2O[C@H]2CCOC2)CC(=O)O1.